The molecule has 34 heavy (non-hydrogen) atoms. The minimum atomic E-state index is -0.467. The average molecular weight is 459 g/mol. The molecule has 7 nitrogen and oxygen atoms in total. The molecule has 2 heterocycles. The maximum absolute atomic E-state index is 12.9. The molecular formula is C27H25NO6. The number of benzene rings is 3. The largest absolute Gasteiger partial charge is 0.507 e. The van der Waals surface area contributed by atoms with Crippen LogP contribution in [0.3, 0.4) is 0 Å². The van der Waals surface area contributed by atoms with Crippen LogP contribution < -0.4 is 14.2 Å². The number of phenols is 2. The summed E-state index contributed by atoms with van der Waals surface area (Å²) in [6.07, 6.45) is 1.97. The maximum Gasteiger partial charge on any atom is 0.343 e. The van der Waals surface area contributed by atoms with Crippen molar-refractivity contribution in [2.75, 3.05) is 20.8 Å². The third-order valence-corrected chi connectivity index (χ3v) is 7.29. The summed E-state index contributed by atoms with van der Waals surface area (Å²) in [6, 6.07) is 10.6. The number of carbonyl (C=O) groups excluding carboxylic acids is 1. The first kappa shape index (κ1) is 20.9. The fourth-order valence-electron chi connectivity index (χ4n) is 5.40. The van der Waals surface area contributed by atoms with Crippen molar-refractivity contribution in [2.24, 2.45) is 0 Å². The molecule has 0 spiro atoms. The van der Waals surface area contributed by atoms with E-state index < -0.39 is 5.97 Å². The maximum atomic E-state index is 12.9. The summed E-state index contributed by atoms with van der Waals surface area (Å²) in [4.78, 5) is 15.2. The van der Waals surface area contributed by atoms with Crippen molar-refractivity contribution < 1.29 is 29.2 Å². The Morgan fingerprint density at radius 1 is 0.941 bits per heavy atom. The molecule has 1 aliphatic carbocycles. The van der Waals surface area contributed by atoms with Gasteiger partial charge in [-0.1, -0.05) is 6.07 Å². The summed E-state index contributed by atoms with van der Waals surface area (Å²) >= 11 is 0. The molecule has 7 heteroatoms. The van der Waals surface area contributed by atoms with Crippen LogP contribution >= 0.6 is 0 Å². The third kappa shape index (κ3) is 3.11. The lowest BCUT2D eigenvalue weighted by Gasteiger charge is -2.42. The summed E-state index contributed by atoms with van der Waals surface area (Å²) in [5, 5.41) is 21.5. The number of hydrogen-bond acceptors (Lipinski definition) is 7. The zero-order valence-corrected chi connectivity index (χ0v) is 19.1. The minimum absolute atomic E-state index is 0.0356. The van der Waals surface area contributed by atoms with Crippen LogP contribution in [0.2, 0.25) is 0 Å². The Balaban J connectivity index is 1.36. The van der Waals surface area contributed by atoms with E-state index in [1.807, 2.05) is 12.1 Å². The zero-order valence-electron chi connectivity index (χ0n) is 19.1. The minimum Gasteiger partial charge on any atom is -0.507 e. The van der Waals surface area contributed by atoms with Crippen LogP contribution in [0.15, 0.2) is 36.4 Å². The molecule has 1 atom stereocenters. The summed E-state index contributed by atoms with van der Waals surface area (Å²) in [5.74, 6) is 1.82. The lowest BCUT2D eigenvalue weighted by Crippen LogP contribution is -2.39. The highest BCUT2D eigenvalue weighted by atomic mass is 16.6. The quantitative estimate of drug-likeness (QED) is 0.272. The standard InChI is InChI=1S/C27H25NO6/c1-32-16-6-3-14(4-7-16)27(31)34-26-20-13-28-10-9-17-23(25(30)19-12-18(19)24(17)29)21(28)11-15(20)5-8-22(26)33-2/h3-8,21,29-30H,9-13H2,1-2H3. The molecule has 3 aliphatic rings. The number of aromatic hydroxyl groups is 2. The van der Waals surface area contributed by atoms with Gasteiger partial charge in [0.25, 0.3) is 0 Å². The highest BCUT2D eigenvalue weighted by Gasteiger charge is 2.41. The van der Waals surface area contributed by atoms with Gasteiger partial charge in [0.15, 0.2) is 11.5 Å². The van der Waals surface area contributed by atoms with Gasteiger partial charge < -0.3 is 24.4 Å². The smallest absolute Gasteiger partial charge is 0.343 e. The number of carbonyl (C=O) groups is 1. The fraction of sp³-hybridized carbons (Fsp3) is 0.296. The van der Waals surface area contributed by atoms with Crippen molar-refractivity contribution in [1.29, 1.82) is 0 Å². The number of hydrogen-bond donors (Lipinski definition) is 2. The number of phenolic OH excluding ortho intramolecular Hbond substituents is 2. The Kier molecular flexibility index (Phi) is 4.71. The molecular weight excluding hydrogens is 434 g/mol. The van der Waals surface area contributed by atoms with Crippen LogP contribution in [0.1, 0.15) is 49.8 Å². The summed E-state index contributed by atoms with van der Waals surface area (Å²) in [5.41, 5.74) is 5.85. The van der Waals surface area contributed by atoms with Crippen molar-refractivity contribution in [2.45, 2.75) is 31.8 Å². The van der Waals surface area contributed by atoms with Crippen molar-refractivity contribution >= 4 is 5.97 Å². The van der Waals surface area contributed by atoms with Crippen LogP contribution in [-0.4, -0.2) is 41.8 Å². The second kappa shape index (κ2) is 7.67. The van der Waals surface area contributed by atoms with Crippen molar-refractivity contribution in [3.05, 3.63) is 75.3 Å². The Labute approximate surface area is 197 Å². The van der Waals surface area contributed by atoms with E-state index in [1.54, 1.807) is 38.5 Å². The number of ether oxygens (including phenoxy) is 3. The van der Waals surface area contributed by atoms with Gasteiger partial charge in [0.2, 0.25) is 0 Å². The van der Waals surface area contributed by atoms with Gasteiger partial charge in [0.05, 0.1) is 19.8 Å². The van der Waals surface area contributed by atoms with Gasteiger partial charge in [-0.05, 0) is 48.7 Å². The normalized spacial score (nSPS) is 17.6. The van der Waals surface area contributed by atoms with Gasteiger partial charge in [-0.15, -0.1) is 0 Å². The molecule has 3 aromatic rings. The van der Waals surface area contributed by atoms with Gasteiger partial charge in [0.1, 0.15) is 17.2 Å². The van der Waals surface area contributed by atoms with E-state index in [9.17, 15) is 15.0 Å². The average Bonchev–Trinajstić information content (AvgIpc) is 3.67. The number of esters is 1. The molecule has 0 bridgehead atoms. The highest BCUT2D eigenvalue weighted by molar-refractivity contribution is 5.91. The van der Waals surface area contributed by atoms with Crippen molar-refractivity contribution in [1.82, 2.24) is 4.90 Å². The van der Waals surface area contributed by atoms with E-state index >= 15 is 0 Å². The molecule has 1 unspecified atom stereocenters. The first-order valence-electron chi connectivity index (χ1n) is 11.4. The molecule has 3 aromatic carbocycles. The van der Waals surface area contributed by atoms with Gasteiger partial charge in [-0.3, -0.25) is 4.90 Å². The second-order valence-corrected chi connectivity index (χ2v) is 9.02. The number of fused-ring (bicyclic) bond motifs is 5. The van der Waals surface area contributed by atoms with E-state index in [4.69, 9.17) is 14.2 Å². The van der Waals surface area contributed by atoms with Gasteiger partial charge in [-0.2, -0.15) is 0 Å². The molecule has 6 rings (SSSR count). The Hall–Kier alpha value is -3.71. The molecule has 0 saturated carbocycles. The predicted octanol–water partition coefficient (Wildman–Crippen LogP) is 3.89. The van der Waals surface area contributed by atoms with E-state index in [2.05, 4.69) is 4.90 Å². The van der Waals surface area contributed by atoms with E-state index in [1.165, 1.54) is 0 Å². The van der Waals surface area contributed by atoms with E-state index in [0.717, 1.165) is 39.9 Å². The Bertz CT molecular complexity index is 1330. The molecule has 2 aliphatic heterocycles. The zero-order chi connectivity index (χ0) is 23.6. The number of nitrogens with zero attached hydrogens (tertiary/aromatic N) is 1. The van der Waals surface area contributed by atoms with Crippen LogP contribution in [0, 0.1) is 0 Å². The van der Waals surface area contributed by atoms with E-state index in [-0.39, 0.29) is 6.04 Å². The first-order chi connectivity index (χ1) is 16.5. The molecule has 2 N–H and O–H groups in total. The molecule has 0 amide bonds. The molecule has 0 fully saturated rings. The predicted molar refractivity (Wildman–Crippen MR) is 124 cm³/mol. The van der Waals surface area contributed by atoms with Crippen LogP contribution in [0.4, 0.5) is 0 Å². The number of rotatable bonds is 4. The van der Waals surface area contributed by atoms with Crippen molar-refractivity contribution in [3.8, 4) is 28.7 Å². The SMILES string of the molecule is COc1ccc(C(=O)Oc2c(OC)ccc3c2CN2CCc4c(O)c5c(c(O)c4C2C3)C5)cc1. The number of methoxy groups -OCH3 is 2. The van der Waals surface area contributed by atoms with Crippen molar-refractivity contribution in [3.63, 3.8) is 0 Å². The van der Waals surface area contributed by atoms with Gasteiger partial charge >= 0.3 is 5.97 Å². The van der Waals surface area contributed by atoms with Gasteiger partial charge in [-0.25, -0.2) is 4.79 Å². The van der Waals surface area contributed by atoms with Gasteiger partial charge in [0, 0.05) is 53.4 Å². The fourth-order valence-corrected chi connectivity index (χ4v) is 5.40. The third-order valence-electron chi connectivity index (χ3n) is 7.29. The second-order valence-electron chi connectivity index (χ2n) is 9.02. The lowest BCUT2D eigenvalue weighted by molar-refractivity contribution is 0.0722. The summed E-state index contributed by atoms with van der Waals surface area (Å²) in [7, 11) is 3.14. The first-order valence-corrected chi connectivity index (χ1v) is 11.4. The lowest BCUT2D eigenvalue weighted by atomic mass is 9.83. The molecule has 0 radical (unpaired) electrons. The van der Waals surface area contributed by atoms with Crippen LogP contribution in [0.5, 0.6) is 28.7 Å². The highest BCUT2D eigenvalue weighted by Crippen LogP contribution is 2.54. The Morgan fingerprint density at radius 2 is 1.71 bits per heavy atom. The van der Waals surface area contributed by atoms with Crippen LogP contribution in [0.25, 0.3) is 0 Å². The topological polar surface area (TPSA) is 88.5 Å². The monoisotopic (exact) mass is 459 g/mol. The molecule has 174 valence electrons. The van der Waals surface area contributed by atoms with Crippen LogP contribution in [-0.2, 0) is 25.8 Å². The molecule has 0 aromatic heterocycles. The summed E-state index contributed by atoms with van der Waals surface area (Å²) < 4.78 is 16.6. The summed E-state index contributed by atoms with van der Waals surface area (Å²) in [6.45, 7) is 1.30. The molecule has 0 saturated heterocycles. The van der Waals surface area contributed by atoms with E-state index in [0.29, 0.717) is 60.1 Å². The Morgan fingerprint density at radius 3 is 2.44 bits per heavy atom.